The van der Waals surface area contributed by atoms with E-state index in [1.807, 2.05) is 0 Å². The summed E-state index contributed by atoms with van der Waals surface area (Å²) in [5, 5.41) is 5.20. The summed E-state index contributed by atoms with van der Waals surface area (Å²) < 4.78 is 27.8. The standard InChI is InChI=1S/C14H14BrN3O3S2/c1-2-9-16-14(19)17-10-3-5-11(6-4-10)18-23(20,21)13-8-7-12(15)22-13/h2-8,18H,1,9H2,(H2,16,17,19). The highest BCUT2D eigenvalue weighted by Crippen LogP contribution is 2.27. The zero-order valence-corrected chi connectivity index (χ0v) is 15.1. The van der Waals surface area contributed by atoms with Gasteiger partial charge in [0, 0.05) is 17.9 Å². The molecule has 3 N–H and O–H groups in total. The summed E-state index contributed by atoms with van der Waals surface area (Å²) in [5.74, 6) is 0. The van der Waals surface area contributed by atoms with Crippen LogP contribution in [0.2, 0.25) is 0 Å². The zero-order chi connectivity index (χ0) is 16.9. The molecule has 2 aromatic rings. The molecule has 122 valence electrons. The molecule has 6 nitrogen and oxygen atoms in total. The van der Waals surface area contributed by atoms with Crippen molar-refractivity contribution in [2.75, 3.05) is 16.6 Å². The Morgan fingerprint density at radius 3 is 2.39 bits per heavy atom. The van der Waals surface area contributed by atoms with Gasteiger partial charge in [0.2, 0.25) is 0 Å². The van der Waals surface area contributed by atoms with Crippen molar-refractivity contribution >= 4 is 54.7 Å². The Morgan fingerprint density at radius 2 is 1.83 bits per heavy atom. The second-order valence-electron chi connectivity index (χ2n) is 4.37. The van der Waals surface area contributed by atoms with E-state index in [0.29, 0.717) is 17.9 Å². The molecule has 2 amide bonds. The number of benzene rings is 1. The second kappa shape index (κ2) is 7.62. The van der Waals surface area contributed by atoms with Crippen molar-refractivity contribution in [3.8, 4) is 0 Å². The lowest BCUT2D eigenvalue weighted by atomic mass is 10.3. The minimum absolute atomic E-state index is 0.218. The van der Waals surface area contributed by atoms with Crippen LogP contribution in [0.15, 0.2) is 57.0 Å². The number of anilines is 2. The maximum atomic E-state index is 12.2. The summed E-state index contributed by atoms with van der Waals surface area (Å²) in [6.07, 6.45) is 1.57. The third kappa shape index (κ3) is 5.08. The van der Waals surface area contributed by atoms with Gasteiger partial charge in [0.25, 0.3) is 10.0 Å². The number of carbonyl (C=O) groups excluding carboxylic acids is 1. The van der Waals surface area contributed by atoms with Gasteiger partial charge in [0.15, 0.2) is 0 Å². The van der Waals surface area contributed by atoms with E-state index >= 15 is 0 Å². The number of nitrogens with one attached hydrogen (secondary N) is 3. The number of halogens is 1. The fourth-order valence-electron chi connectivity index (χ4n) is 1.61. The van der Waals surface area contributed by atoms with Crippen LogP contribution in [0, 0.1) is 0 Å². The van der Waals surface area contributed by atoms with Gasteiger partial charge in [-0.3, -0.25) is 4.72 Å². The fourth-order valence-corrected chi connectivity index (χ4v) is 4.68. The van der Waals surface area contributed by atoms with Gasteiger partial charge < -0.3 is 10.6 Å². The summed E-state index contributed by atoms with van der Waals surface area (Å²) in [4.78, 5) is 11.5. The molecule has 0 aliphatic carbocycles. The van der Waals surface area contributed by atoms with E-state index in [1.54, 1.807) is 36.4 Å². The highest BCUT2D eigenvalue weighted by Gasteiger charge is 2.16. The Morgan fingerprint density at radius 1 is 1.17 bits per heavy atom. The molecule has 1 heterocycles. The number of hydrogen-bond acceptors (Lipinski definition) is 4. The monoisotopic (exact) mass is 415 g/mol. The molecule has 0 atom stereocenters. The zero-order valence-electron chi connectivity index (χ0n) is 11.9. The minimum Gasteiger partial charge on any atom is -0.334 e. The van der Waals surface area contributed by atoms with Crippen LogP contribution in [0.25, 0.3) is 0 Å². The number of carbonyl (C=O) groups is 1. The summed E-state index contributed by atoms with van der Waals surface area (Å²) in [6, 6.07) is 9.20. The highest BCUT2D eigenvalue weighted by atomic mass is 79.9. The molecule has 0 fully saturated rings. The number of urea groups is 1. The lowest BCUT2D eigenvalue weighted by molar-refractivity contribution is 0.253. The van der Waals surface area contributed by atoms with Gasteiger partial charge in [-0.15, -0.1) is 17.9 Å². The SMILES string of the molecule is C=CCNC(=O)Nc1ccc(NS(=O)(=O)c2ccc(Br)s2)cc1. The second-order valence-corrected chi connectivity index (χ2v) is 8.74. The van der Waals surface area contributed by atoms with Crippen molar-refractivity contribution in [3.63, 3.8) is 0 Å². The van der Waals surface area contributed by atoms with Crippen LogP contribution in [-0.4, -0.2) is 21.0 Å². The van der Waals surface area contributed by atoms with E-state index in [0.717, 1.165) is 15.1 Å². The largest absolute Gasteiger partial charge is 0.334 e. The van der Waals surface area contributed by atoms with Gasteiger partial charge in [-0.1, -0.05) is 6.08 Å². The van der Waals surface area contributed by atoms with Crippen molar-refractivity contribution in [1.82, 2.24) is 5.32 Å². The highest BCUT2D eigenvalue weighted by molar-refractivity contribution is 9.11. The Bertz CT molecular complexity index is 801. The predicted molar refractivity (Wildman–Crippen MR) is 96.5 cm³/mol. The minimum atomic E-state index is -3.61. The van der Waals surface area contributed by atoms with E-state index in [-0.39, 0.29) is 10.2 Å². The van der Waals surface area contributed by atoms with Gasteiger partial charge >= 0.3 is 6.03 Å². The number of rotatable bonds is 6. The molecule has 9 heteroatoms. The molecule has 2 rings (SSSR count). The Hall–Kier alpha value is -1.84. The van der Waals surface area contributed by atoms with Gasteiger partial charge in [-0.2, -0.15) is 0 Å². The third-order valence-corrected chi connectivity index (χ3v) is 6.11. The summed E-state index contributed by atoms with van der Waals surface area (Å²) in [5.41, 5.74) is 0.958. The van der Waals surface area contributed by atoms with Crippen LogP contribution in [0.5, 0.6) is 0 Å². The first-order valence-corrected chi connectivity index (χ1v) is 9.54. The molecule has 23 heavy (non-hydrogen) atoms. The molecule has 0 saturated heterocycles. The quantitative estimate of drug-likeness (QED) is 0.629. The van der Waals surface area contributed by atoms with Gasteiger partial charge in [-0.25, -0.2) is 13.2 Å². The maximum Gasteiger partial charge on any atom is 0.319 e. The molecule has 0 radical (unpaired) electrons. The van der Waals surface area contributed by atoms with E-state index in [2.05, 4.69) is 37.9 Å². The van der Waals surface area contributed by atoms with Crippen molar-refractivity contribution in [1.29, 1.82) is 0 Å². The van der Waals surface area contributed by atoms with Crippen LogP contribution < -0.4 is 15.4 Å². The Kier molecular flexibility index (Phi) is 5.80. The van der Waals surface area contributed by atoms with Crippen LogP contribution in [0.4, 0.5) is 16.2 Å². The summed E-state index contributed by atoms with van der Waals surface area (Å²) in [7, 11) is -3.61. The first kappa shape index (κ1) is 17.5. The van der Waals surface area contributed by atoms with Gasteiger partial charge in [0.05, 0.1) is 3.79 Å². The molecule has 0 aliphatic rings. The molecule has 0 unspecified atom stereocenters. The molecular weight excluding hydrogens is 402 g/mol. The van der Waals surface area contributed by atoms with Crippen molar-refractivity contribution in [2.45, 2.75) is 4.21 Å². The Balaban J connectivity index is 2.02. The average molecular weight is 416 g/mol. The molecule has 0 aliphatic heterocycles. The molecule has 0 spiro atoms. The van der Waals surface area contributed by atoms with Crippen LogP contribution >= 0.6 is 27.3 Å². The van der Waals surface area contributed by atoms with E-state index in [1.165, 1.54) is 6.07 Å². The number of thiophene rings is 1. The maximum absolute atomic E-state index is 12.2. The topological polar surface area (TPSA) is 87.3 Å². The smallest absolute Gasteiger partial charge is 0.319 e. The van der Waals surface area contributed by atoms with Crippen molar-refractivity contribution < 1.29 is 13.2 Å². The lowest BCUT2D eigenvalue weighted by Crippen LogP contribution is -2.28. The number of sulfonamides is 1. The molecule has 1 aromatic heterocycles. The first-order chi connectivity index (χ1) is 10.9. The first-order valence-electron chi connectivity index (χ1n) is 6.45. The molecular formula is C14H14BrN3O3S2. The number of amides is 2. The van der Waals surface area contributed by atoms with E-state index in [9.17, 15) is 13.2 Å². The molecule has 0 bridgehead atoms. The van der Waals surface area contributed by atoms with Crippen LogP contribution in [0.3, 0.4) is 0 Å². The molecule has 1 aromatic carbocycles. The van der Waals surface area contributed by atoms with Crippen LogP contribution in [-0.2, 0) is 10.0 Å². The summed E-state index contributed by atoms with van der Waals surface area (Å²) in [6.45, 7) is 3.86. The average Bonchev–Trinajstić information content (AvgIpc) is 2.94. The van der Waals surface area contributed by atoms with Crippen LogP contribution in [0.1, 0.15) is 0 Å². The Labute approximate surface area is 146 Å². The van der Waals surface area contributed by atoms with Crippen molar-refractivity contribution in [3.05, 3.63) is 52.8 Å². The van der Waals surface area contributed by atoms with E-state index < -0.39 is 10.0 Å². The fraction of sp³-hybridized carbons (Fsp3) is 0.0714. The lowest BCUT2D eigenvalue weighted by Gasteiger charge is -2.09. The van der Waals surface area contributed by atoms with Gasteiger partial charge in [-0.05, 0) is 52.3 Å². The van der Waals surface area contributed by atoms with E-state index in [4.69, 9.17) is 0 Å². The third-order valence-electron chi connectivity index (χ3n) is 2.62. The summed E-state index contributed by atoms with van der Waals surface area (Å²) >= 11 is 4.36. The van der Waals surface area contributed by atoms with Gasteiger partial charge in [0.1, 0.15) is 4.21 Å². The van der Waals surface area contributed by atoms with Crippen molar-refractivity contribution in [2.24, 2.45) is 0 Å². The normalized spacial score (nSPS) is 10.8. The number of hydrogen-bond donors (Lipinski definition) is 3. The molecule has 0 saturated carbocycles. The predicted octanol–water partition coefficient (Wildman–Crippen LogP) is 3.62.